The normalized spacial score (nSPS) is 13.8. The number of halogens is 3. The number of nitrogens with two attached hydrogens (primary N) is 1. The van der Waals surface area contributed by atoms with Crippen LogP contribution in [0.2, 0.25) is 0 Å². The van der Waals surface area contributed by atoms with Crippen molar-refractivity contribution in [2.45, 2.75) is 18.2 Å². The number of benzene rings is 2. The molecule has 4 nitrogen and oxygen atoms in total. The Labute approximate surface area is 135 Å². The third kappa shape index (κ3) is 3.39. The van der Waals surface area contributed by atoms with Gasteiger partial charge >= 0.3 is 6.18 Å². The van der Waals surface area contributed by atoms with Crippen molar-refractivity contribution in [3.05, 3.63) is 70.8 Å². The molecule has 0 spiro atoms. The first-order valence-corrected chi connectivity index (χ1v) is 6.86. The Morgan fingerprint density at radius 3 is 2.29 bits per heavy atom. The maximum Gasteiger partial charge on any atom is 0.417 e. The number of aliphatic hydroxyl groups is 1. The lowest BCUT2D eigenvalue weighted by Crippen LogP contribution is -2.43. The van der Waals surface area contributed by atoms with Gasteiger partial charge in [-0.15, -0.1) is 0 Å². The van der Waals surface area contributed by atoms with E-state index in [4.69, 9.17) is 11.0 Å². The molecule has 0 saturated heterocycles. The van der Waals surface area contributed by atoms with Crippen LogP contribution in [-0.4, -0.2) is 11.0 Å². The first-order chi connectivity index (χ1) is 11.2. The molecule has 0 heterocycles. The van der Waals surface area contributed by atoms with Crippen molar-refractivity contribution in [2.75, 3.05) is 0 Å². The highest BCUT2D eigenvalue weighted by Gasteiger charge is 2.38. The van der Waals surface area contributed by atoms with Crippen molar-refractivity contribution < 1.29 is 23.1 Å². The SMILES string of the molecule is N#Cc1ccc(CC(O)(C(N)=O)c2ccccc2)cc1C(F)(F)F. The lowest BCUT2D eigenvalue weighted by Gasteiger charge is -2.25. The summed E-state index contributed by atoms with van der Waals surface area (Å²) in [5.41, 5.74) is 1.67. The second kappa shape index (κ2) is 6.34. The summed E-state index contributed by atoms with van der Waals surface area (Å²) in [5, 5.41) is 19.4. The molecule has 2 aromatic carbocycles. The standard InChI is InChI=1S/C17H13F3N2O2/c18-17(19,20)14-8-11(6-7-12(14)10-21)9-16(24,15(22)23)13-4-2-1-3-5-13/h1-8,24H,9H2,(H2,22,23). The number of nitrogens with zero attached hydrogens (tertiary/aromatic N) is 1. The summed E-state index contributed by atoms with van der Waals surface area (Å²) in [6.07, 6.45) is -5.17. The highest BCUT2D eigenvalue weighted by molar-refractivity contribution is 5.85. The van der Waals surface area contributed by atoms with Crippen LogP contribution >= 0.6 is 0 Å². The molecule has 0 bridgehead atoms. The third-order valence-corrected chi connectivity index (χ3v) is 3.63. The van der Waals surface area contributed by atoms with Crippen LogP contribution in [0.15, 0.2) is 48.5 Å². The van der Waals surface area contributed by atoms with Gasteiger partial charge in [0.15, 0.2) is 5.60 Å². The first-order valence-electron chi connectivity index (χ1n) is 6.86. The van der Waals surface area contributed by atoms with Gasteiger partial charge in [-0.3, -0.25) is 4.79 Å². The van der Waals surface area contributed by atoms with Gasteiger partial charge in [-0.1, -0.05) is 36.4 Å². The average Bonchev–Trinajstić information content (AvgIpc) is 2.54. The molecule has 0 radical (unpaired) electrons. The molecule has 0 saturated carbocycles. The fourth-order valence-corrected chi connectivity index (χ4v) is 2.37. The molecule has 1 amide bonds. The van der Waals surface area contributed by atoms with Crippen molar-refractivity contribution >= 4 is 5.91 Å². The van der Waals surface area contributed by atoms with E-state index in [2.05, 4.69) is 0 Å². The molecule has 0 fully saturated rings. The van der Waals surface area contributed by atoms with Crippen LogP contribution in [0.1, 0.15) is 22.3 Å². The number of nitriles is 1. The summed E-state index contributed by atoms with van der Waals surface area (Å²) in [6, 6.07) is 12.2. The van der Waals surface area contributed by atoms with Gasteiger partial charge in [0, 0.05) is 6.42 Å². The number of hydrogen-bond donors (Lipinski definition) is 2. The van der Waals surface area contributed by atoms with Gasteiger partial charge in [-0.2, -0.15) is 18.4 Å². The Kier molecular flexibility index (Phi) is 4.62. The summed E-state index contributed by atoms with van der Waals surface area (Å²) in [7, 11) is 0. The van der Waals surface area contributed by atoms with Crippen molar-refractivity contribution in [3.8, 4) is 6.07 Å². The quantitative estimate of drug-likeness (QED) is 0.900. The van der Waals surface area contributed by atoms with Crippen molar-refractivity contribution in [2.24, 2.45) is 5.73 Å². The van der Waals surface area contributed by atoms with Crippen LogP contribution in [0.3, 0.4) is 0 Å². The zero-order chi connectivity index (χ0) is 18.0. The van der Waals surface area contributed by atoms with Gasteiger partial charge in [0.05, 0.1) is 17.2 Å². The monoisotopic (exact) mass is 334 g/mol. The minimum atomic E-state index is -4.72. The van der Waals surface area contributed by atoms with E-state index in [1.54, 1.807) is 18.2 Å². The van der Waals surface area contributed by atoms with Crippen LogP contribution in [0.4, 0.5) is 13.2 Å². The van der Waals surface area contributed by atoms with E-state index < -0.39 is 35.2 Å². The minimum Gasteiger partial charge on any atom is -0.375 e. The highest BCUT2D eigenvalue weighted by atomic mass is 19.4. The molecule has 1 atom stereocenters. The summed E-state index contributed by atoms with van der Waals surface area (Å²) in [4.78, 5) is 11.7. The topological polar surface area (TPSA) is 87.1 Å². The predicted molar refractivity (Wildman–Crippen MR) is 79.4 cm³/mol. The van der Waals surface area contributed by atoms with Crippen molar-refractivity contribution in [1.82, 2.24) is 0 Å². The van der Waals surface area contributed by atoms with E-state index in [0.717, 1.165) is 12.1 Å². The van der Waals surface area contributed by atoms with Crippen LogP contribution in [-0.2, 0) is 23.0 Å². The second-order valence-electron chi connectivity index (χ2n) is 5.26. The van der Waals surface area contributed by atoms with E-state index in [-0.39, 0.29) is 11.1 Å². The molecule has 0 aliphatic rings. The number of alkyl halides is 3. The fourth-order valence-electron chi connectivity index (χ4n) is 2.37. The molecule has 1 unspecified atom stereocenters. The summed E-state index contributed by atoms with van der Waals surface area (Å²) < 4.78 is 39.1. The van der Waals surface area contributed by atoms with Gasteiger partial charge in [0.25, 0.3) is 5.91 Å². The van der Waals surface area contributed by atoms with E-state index in [0.29, 0.717) is 0 Å². The molecule has 3 N–H and O–H groups in total. The van der Waals surface area contributed by atoms with Gasteiger partial charge in [-0.25, -0.2) is 0 Å². The molecule has 2 rings (SSSR count). The summed E-state index contributed by atoms with van der Waals surface area (Å²) >= 11 is 0. The van der Waals surface area contributed by atoms with Crippen LogP contribution in [0.5, 0.6) is 0 Å². The zero-order valence-electron chi connectivity index (χ0n) is 12.3. The van der Waals surface area contributed by atoms with Crippen molar-refractivity contribution in [1.29, 1.82) is 5.26 Å². The minimum absolute atomic E-state index is 0.0338. The Bertz CT molecular complexity index is 798. The zero-order valence-corrected chi connectivity index (χ0v) is 12.3. The largest absolute Gasteiger partial charge is 0.417 e. The number of primary amides is 1. The number of amides is 1. The second-order valence-corrected chi connectivity index (χ2v) is 5.26. The summed E-state index contributed by atoms with van der Waals surface area (Å²) in [5.74, 6) is -1.08. The first kappa shape index (κ1) is 17.5. The van der Waals surface area contributed by atoms with E-state index in [9.17, 15) is 23.1 Å². The smallest absolute Gasteiger partial charge is 0.375 e. The number of carbonyl (C=O) groups excluding carboxylic acids is 1. The molecule has 7 heteroatoms. The molecule has 2 aromatic rings. The molecule has 124 valence electrons. The number of rotatable bonds is 4. The van der Waals surface area contributed by atoms with E-state index >= 15 is 0 Å². The number of hydrogen-bond acceptors (Lipinski definition) is 3. The van der Waals surface area contributed by atoms with Gasteiger partial charge in [0.1, 0.15) is 0 Å². The van der Waals surface area contributed by atoms with Crippen LogP contribution in [0.25, 0.3) is 0 Å². The van der Waals surface area contributed by atoms with E-state index in [1.165, 1.54) is 24.3 Å². The van der Waals surface area contributed by atoms with Gasteiger partial charge in [0.2, 0.25) is 0 Å². The Hall–Kier alpha value is -2.85. The molecule has 0 aromatic heterocycles. The maximum absolute atomic E-state index is 13.0. The molecular weight excluding hydrogens is 321 g/mol. The highest BCUT2D eigenvalue weighted by Crippen LogP contribution is 2.34. The molecular formula is C17H13F3N2O2. The average molecular weight is 334 g/mol. The van der Waals surface area contributed by atoms with E-state index in [1.807, 2.05) is 0 Å². The fraction of sp³-hybridized carbons (Fsp3) is 0.176. The molecule has 0 aliphatic heterocycles. The maximum atomic E-state index is 13.0. The predicted octanol–water partition coefficient (Wildman–Crippen LogP) is 2.49. The van der Waals surface area contributed by atoms with Crippen LogP contribution < -0.4 is 5.73 Å². The van der Waals surface area contributed by atoms with Gasteiger partial charge in [-0.05, 0) is 23.3 Å². The Morgan fingerprint density at radius 2 is 1.79 bits per heavy atom. The lowest BCUT2D eigenvalue weighted by atomic mass is 9.86. The third-order valence-electron chi connectivity index (χ3n) is 3.63. The molecule has 0 aliphatic carbocycles. The van der Waals surface area contributed by atoms with Crippen LogP contribution in [0, 0.1) is 11.3 Å². The van der Waals surface area contributed by atoms with Crippen molar-refractivity contribution in [3.63, 3.8) is 0 Å². The Balaban J connectivity index is 2.49. The number of carbonyl (C=O) groups is 1. The summed E-state index contributed by atoms with van der Waals surface area (Å²) in [6.45, 7) is 0. The van der Waals surface area contributed by atoms with Gasteiger partial charge < -0.3 is 10.8 Å². The lowest BCUT2D eigenvalue weighted by molar-refractivity contribution is -0.137. The molecule has 24 heavy (non-hydrogen) atoms. The Morgan fingerprint density at radius 1 is 1.17 bits per heavy atom.